The van der Waals surface area contributed by atoms with Gasteiger partial charge in [-0.15, -0.1) is 11.6 Å². The third kappa shape index (κ3) is 3.78. The average molecular weight is 298 g/mol. The molecule has 0 spiro atoms. The highest BCUT2D eigenvalue weighted by molar-refractivity contribution is 6.31. The van der Waals surface area contributed by atoms with Crippen LogP contribution in [0.15, 0.2) is 6.07 Å². The van der Waals surface area contributed by atoms with Crippen molar-refractivity contribution in [2.75, 3.05) is 6.61 Å². The van der Waals surface area contributed by atoms with Gasteiger partial charge in [0.05, 0.1) is 40.9 Å². The molecule has 7 heteroatoms. The first-order chi connectivity index (χ1) is 8.49. The summed E-state index contributed by atoms with van der Waals surface area (Å²) >= 11 is 11.3. The van der Waals surface area contributed by atoms with Crippen LogP contribution in [0.4, 0.5) is 8.78 Å². The molecule has 1 aromatic rings. The van der Waals surface area contributed by atoms with Gasteiger partial charge in [0.25, 0.3) is 6.43 Å². The monoisotopic (exact) mass is 297 g/mol. The Balaban J connectivity index is 3.13. The van der Waals surface area contributed by atoms with Gasteiger partial charge in [0.2, 0.25) is 0 Å². The zero-order chi connectivity index (χ0) is 13.7. The predicted octanol–water partition coefficient (Wildman–Crippen LogP) is 3.52. The Labute approximate surface area is 113 Å². The number of nitrogens with zero attached hydrogens (tertiary/aromatic N) is 1. The molecule has 1 aromatic heterocycles. The largest absolute Gasteiger partial charge is 0.466 e. The molecule has 0 aromatic carbocycles. The van der Waals surface area contributed by atoms with Crippen LogP contribution >= 0.6 is 23.2 Å². The molecule has 0 bridgehead atoms. The summed E-state index contributed by atoms with van der Waals surface area (Å²) in [6.45, 7) is 1.80. The lowest BCUT2D eigenvalue weighted by molar-refractivity contribution is -0.142. The number of aromatic nitrogens is 1. The van der Waals surface area contributed by atoms with E-state index in [1.807, 2.05) is 0 Å². The molecule has 18 heavy (non-hydrogen) atoms. The molecule has 0 fully saturated rings. The van der Waals surface area contributed by atoms with Crippen LogP contribution in [0.5, 0.6) is 0 Å². The lowest BCUT2D eigenvalue weighted by Crippen LogP contribution is -2.12. The van der Waals surface area contributed by atoms with E-state index in [1.54, 1.807) is 6.92 Å². The summed E-state index contributed by atoms with van der Waals surface area (Å²) in [6, 6.07) is 1.27. The molecule has 0 aliphatic rings. The first kappa shape index (κ1) is 15.1. The second-order valence-corrected chi connectivity index (χ2v) is 4.05. The van der Waals surface area contributed by atoms with E-state index in [4.69, 9.17) is 27.9 Å². The predicted molar refractivity (Wildman–Crippen MR) is 64.1 cm³/mol. The number of rotatable bonds is 5. The van der Waals surface area contributed by atoms with Crippen molar-refractivity contribution in [3.63, 3.8) is 0 Å². The van der Waals surface area contributed by atoms with Crippen LogP contribution in [0.1, 0.15) is 30.3 Å². The third-order valence-electron chi connectivity index (χ3n) is 2.11. The Morgan fingerprint density at radius 2 is 2.22 bits per heavy atom. The van der Waals surface area contributed by atoms with Crippen molar-refractivity contribution in [3.05, 3.63) is 28.0 Å². The Morgan fingerprint density at radius 3 is 2.72 bits per heavy atom. The maximum Gasteiger partial charge on any atom is 0.311 e. The minimum atomic E-state index is -2.81. The number of alkyl halides is 3. The second kappa shape index (κ2) is 6.85. The van der Waals surface area contributed by atoms with Gasteiger partial charge < -0.3 is 4.74 Å². The van der Waals surface area contributed by atoms with Crippen LogP contribution in [0.25, 0.3) is 0 Å². The Kier molecular flexibility index (Phi) is 5.75. The van der Waals surface area contributed by atoms with Gasteiger partial charge >= 0.3 is 5.97 Å². The quantitative estimate of drug-likeness (QED) is 0.617. The zero-order valence-electron chi connectivity index (χ0n) is 9.55. The van der Waals surface area contributed by atoms with Crippen molar-refractivity contribution < 1.29 is 18.3 Å². The van der Waals surface area contributed by atoms with Crippen molar-refractivity contribution >= 4 is 29.2 Å². The molecule has 3 nitrogen and oxygen atoms in total. The van der Waals surface area contributed by atoms with Gasteiger partial charge in [-0.2, -0.15) is 0 Å². The Hall–Kier alpha value is -0.940. The maximum atomic E-state index is 12.9. The standard InChI is InChI=1S/C11H11Cl2F2NO2/c1-2-18-9(17)4-8-10(11(14)15)7(13)3-6(5-12)16-8/h3,11H,2,4-5H2,1H3. The van der Waals surface area contributed by atoms with Crippen molar-refractivity contribution in [3.8, 4) is 0 Å². The topological polar surface area (TPSA) is 39.2 Å². The fourth-order valence-electron chi connectivity index (χ4n) is 1.41. The van der Waals surface area contributed by atoms with Crippen molar-refractivity contribution in [1.29, 1.82) is 0 Å². The molecule has 0 saturated carbocycles. The highest BCUT2D eigenvalue weighted by atomic mass is 35.5. The molecular formula is C11H11Cl2F2NO2. The summed E-state index contributed by atoms with van der Waals surface area (Å²) in [5.41, 5.74) is -0.199. The van der Waals surface area contributed by atoms with Gasteiger partial charge in [0.15, 0.2) is 0 Å². The van der Waals surface area contributed by atoms with Gasteiger partial charge in [-0.25, -0.2) is 8.78 Å². The van der Waals surface area contributed by atoms with Crippen molar-refractivity contribution in [2.45, 2.75) is 25.7 Å². The molecule has 100 valence electrons. The van der Waals surface area contributed by atoms with Gasteiger partial charge in [-0.3, -0.25) is 9.78 Å². The van der Waals surface area contributed by atoms with Crippen molar-refractivity contribution in [1.82, 2.24) is 4.98 Å². The van der Waals surface area contributed by atoms with Crippen LogP contribution in [0, 0.1) is 0 Å². The highest BCUT2D eigenvalue weighted by Gasteiger charge is 2.21. The summed E-state index contributed by atoms with van der Waals surface area (Å²) in [7, 11) is 0. The first-order valence-corrected chi connectivity index (χ1v) is 6.08. The smallest absolute Gasteiger partial charge is 0.311 e. The summed E-state index contributed by atoms with van der Waals surface area (Å²) in [5, 5.41) is -0.144. The van der Waals surface area contributed by atoms with Gasteiger partial charge in [0, 0.05) is 0 Å². The number of carbonyl (C=O) groups is 1. The molecule has 0 atom stereocenters. The van der Waals surface area contributed by atoms with Gasteiger partial charge in [-0.05, 0) is 13.0 Å². The van der Waals surface area contributed by atoms with E-state index in [9.17, 15) is 13.6 Å². The fraction of sp³-hybridized carbons (Fsp3) is 0.455. The second-order valence-electron chi connectivity index (χ2n) is 3.37. The lowest BCUT2D eigenvalue weighted by Gasteiger charge is -2.11. The molecule has 0 unspecified atom stereocenters. The number of pyridine rings is 1. The van der Waals surface area contributed by atoms with Crippen LogP contribution in [0.2, 0.25) is 5.02 Å². The molecule has 0 aliphatic heterocycles. The van der Waals surface area contributed by atoms with E-state index in [-0.39, 0.29) is 29.6 Å². The van der Waals surface area contributed by atoms with E-state index in [2.05, 4.69) is 4.98 Å². The van der Waals surface area contributed by atoms with Crippen LogP contribution in [0.3, 0.4) is 0 Å². The fourth-order valence-corrected chi connectivity index (χ4v) is 1.86. The van der Waals surface area contributed by atoms with E-state index in [1.165, 1.54) is 6.07 Å². The highest BCUT2D eigenvalue weighted by Crippen LogP contribution is 2.30. The molecule has 0 radical (unpaired) electrons. The minimum Gasteiger partial charge on any atom is -0.466 e. The lowest BCUT2D eigenvalue weighted by atomic mass is 10.1. The molecule has 1 rings (SSSR count). The Bertz CT molecular complexity index is 441. The number of ether oxygens (including phenoxy) is 1. The van der Waals surface area contributed by atoms with Crippen LogP contribution in [-0.2, 0) is 21.8 Å². The number of hydrogen-bond donors (Lipinski definition) is 0. The van der Waals surface area contributed by atoms with E-state index in [0.717, 1.165) is 0 Å². The van der Waals surface area contributed by atoms with Crippen molar-refractivity contribution in [2.24, 2.45) is 0 Å². The summed E-state index contributed by atoms with van der Waals surface area (Å²) in [5.74, 6) is -0.603. The zero-order valence-corrected chi connectivity index (χ0v) is 11.1. The number of hydrogen-bond acceptors (Lipinski definition) is 3. The summed E-state index contributed by atoms with van der Waals surface area (Å²) < 4.78 is 30.4. The van der Waals surface area contributed by atoms with E-state index >= 15 is 0 Å². The third-order valence-corrected chi connectivity index (χ3v) is 2.70. The number of halogens is 4. The molecule has 0 saturated heterocycles. The van der Waals surface area contributed by atoms with E-state index in [0.29, 0.717) is 5.69 Å². The minimum absolute atomic E-state index is 0.0268. The summed E-state index contributed by atoms with van der Waals surface area (Å²) in [4.78, 5) is 15.2. The molecule has 1 heterocycles. The van der Waals surface area contributed by atoms with Crippen LogP contribution < -0.4 is 0 Å². The average Bonchev–Trinajstić information content (AvgIpc) is 2.27. The molecule has 0 aliphatic carbocycles. The maximum absolute atomic E-state index is 12.9. The normalized spacial score (nSPS) is 10.8. The van der Waals surface area contributed by atoms with Crippen LogP contribution in [-0.4, -0.2) is 17.6 Å². The first-order valence-electron chi connectivity index (χ1n) is 5.17. The molecule has 0 amide bonds. The van der Waals surface area contributed by atoms with Gasteiger partial charge in [0.1, 0.15) is 0 Å². The SMILES string of the molecule is CCOC(=O)Cc1nc(CCl)cc(Cl)c1C(F)F. The van der Waals surface area contributed by atoms with Gasteiger partial charge in [-0.1, -0.05) is 11.6 Å². The number of esters is 1. The molecule has 0 N–H and O–H groups in total. The summed E-state index contributed by atoms with van der Waals surface area (Å²) in [6.07, 6.45) is -3.16. The number of carbonyl (C=O) groups excluding carboxylic acids is 1. The Morgan fingerprint density at radius 1 is 1.56 bits per heavy atom. The van der Waals surface area contributed by atoms with E-state index < -0.39 is 18.0 Å². The molecular weight excluding hydrogens is 287 g/mol.